The molecule has 0 spiro atoms. The number of aryl methyl sites for hydroxylation is 4. The predicted octanol–water partition coefficient (Wildman–Crippen LogP) is 5.60. The fraction of sp³-hybridized carbons (Fsp3) is 0.400. The van der Waals surface area contributed by atoms with Crippen molar-refractivity contribution in [3.8, 4) is 0 Å². The molecule has 0 fully saturated rings. The largest absolute Gasteiger partial charge is 0.162 e. The summed E-state index contributed by atoms with van der Waals surface area (Å²) in [6.07, 6.45) is 5.01. The average molecular weight is 298 g/mol. The van der Waals surface area contributed by atoms with Gasteiger partial charge < -0.3 is 0 Å². The van der Waals surface area contributed by atoms with Crippen LogP contribution in [0.5, 0.6) is 0 Å². The van der Waals surface area contributed by atoms with Gasteiger partial charge in [-0.15, -0.1) is 0 Å². The van der Waals surface area contributed by atoms with Crippen LogP contribution in [0.2, 0.25) is 0 Å². The molecule has 0 nitrogen and oxygen atoms in total. The van der Waals surface area contributed by atoms with Crippen LogP contribution in [0.4, 0.5) is 0 Å². The van der Waals surface area contributed by atoms with Gasteiger partial charge in [-0.3, -0.25) is 0 Å². The molecule has 0 unspecified atom stereocenters. The minimum absolute atomic E-state index is 1.21. The third kappa shape index (κ3) is 6.39. The molecule has 0 amide bonds. The Morgan fingerprint density at radius 1 is 0.619 bits per heavy atom. The second kappa shape index (κ2) is 8.94. The summed E-state index contributed by atoms with van der Waals surface area (Å²) >= 11 is 2.10. The van der Waals surface area contributed by atoms with Gasteiger partial charge >= 0.3 is 0 Å². The van der Waals surface area contributed by atoms with E-state index in [4.69, 9.17) is 0 Å². The maximum atomic E-state index is 2.26. The molecule has 0 aliphatic carbocycles. The molecule has 0 bridgehead atoms. The van der Waals surface area contributed by atoms with E-state index in [1.165, 1.54) is 59.4 Å². The minimum atomic E-state index is 1.21. The summed E-state index contributed by atoms with van der Waals surface area (Å²) in [5.74, 6) is 2.56. The lowest BCUT2D eigenvalue weighted by molar-refractivity contribution is 0.913. The van der Waals surface area contributed by atoms with Crippen LogP contribution in [0.1, 0.15) is 35.1 Å². The van der Waals surface area contributed by atoms with Crippen LogP contribution in [-0.2, 0) is 12.8 Å². The predicted molar refractivity (Wildman–Crippen MR) is 96.3 cm³/mol. The second-order valence-electron chi connectivity index (χ2n) is 5.79. The summed E-state index contributed by atoms with van der Waals surface area (Å²) in [6, 6.07) is 17.9. The van der Waals surface area contributed by atoms with Gasteiger partial charge in [0.2, 0.25) is 0 Å². The maximum absolute atomic E-state index is 2.26. The molecular formula is C20H26S. The highest BCUT2D eigenvalue weighted by molar-refractivity contribution is 7.99. The number of thioether (sulfide) groups is 1. The van der Waals surface area contributed by atoms with Crippen molar-refractivity contribution in [2.45, 2.75) is 39.5 Å². The van der Waals surface area contributed by atoms with Crippen molar-refractivity contribution in [1.29, 1.82) is 0 Å². The minimum Gasteiger partial charge on any atom is -0.162 e. The van der Waals surface area contributed by atoms with Crippen LogP contribution in [0.3, 0.4) is 0 Å². The first-order chi connectivity index (χ1) is 10.2. The molecule has 0 atom stereocenters. The van der Waals surface area contributed by atoms with E-state index < -0.39 is 0 Å². The number of hydrogen-bond acceptors (Lipinski definition) is 1. The average Bonchev–Trinajstić information content (AvgIpc) is 2.50. The van der Waals surface area contributed by atoms with Gasteiger partial charge in [-0.2, -0.15) is 11.8 Å². The van der Waals surface area contributed by atoms with Gasteiger partial charge in [0.25, 0.3) is 0 Å². The van der Waals surface area contributed by atoms with Crippen molar-refractivity contribution >= 4 is 11.8 Å². The van der Waals surface area contributed by atoms with Gasteiger partial charge in [-0.1, -0.05) is 59.7 Å². The zero-order valence-electron chi connectivity index (χ0n) is 13.3. The molecule has 112 valence electrons. The third-order valence-electron chi connectivity index (χ3n) is 3.75. The van der Waals surface area contributed by atoms with Gasteiger partial charge in [0.15, 0.2) is 0 Å². The van der Waals surface area contributed by atoms with Crippen molar-refractivity contribution in [2.75, 3.05) is 11.5 Å². The topological polar surface area (TPSA) is 0 Å². The quantitative estimate of drug-likeness (QED) is 0.571. The number of rotatable bonds is 8. The van der Waals surface area contributed by atoms with Crippen LogP contribution < -0.4 is 0 Å². The molecule has 0 heterocycles. The van der Waals surface area contributed by atoms with Crippen molar-refractivity contribution in [2.24, 2.45) is 0 Å². The first kappa shape index (κ1) is 16.2. The Bertz CT molecular complexity index is 461. The normalized spacial score (nSPS) is 10.8. The Kier molecular flexibility index (Phi) is 6.88. The molecule has 2 rings (SSSR count). The first-order valence-electron chi connectivity index (χ1n) is 7.93. The van der Waals surface area contributed by atoms with E-state index in [-0.39, 0.29) is 0 Å². The summed E-state index contributed by atoms with van der Waals surface area (Å²) in [5.41, 5.74) is 5.65. The van der Waals surface area contributed by atoms with E-state index in [2.05, 4.69) is 74.1 Å². The fourth-order valence-corrected chi connectivity index (χ4v) is 3.27. The Hall–Kier alpha value is -1.21. The molecule has 2 aromatic carbocycles. The molecule has 21 heavy (non-hydrogen) atoms. The first-order valence-corrected chi connectivity index (χ1v) is 9.08. The lowest BCUT2D eigenvalue weighted by Gasteiger charge is -2.04. The van der Waals surface area contributed by atoms with Gasteiger partial charge in [0, 0.05) is 0 Å². The molecule has 0 saturated carbocycles. The summed E-state index contributed by atoms with van der Waals surface area (Å²) in [7, 11) is 0. The standard InChI is InChI=1S/C20H26S/c1-17-7-11-19(12-8-17)5-3-15-21-16-4-6-20-13-9-18(2)10-14-20/h7-14H,3-6,15-16H2,1-2H3. The van der Waals surface area contributed by atoms with Gasteiger partial charge in [0.05, 0.1) is 0 Å². The van der Waals surface area contributed by atoms with Crippen LogP contribution in [0, 0.1) is 13.8 Å². The second-order valence-corrected chi connectivity index (χ2v) is 7.02. The summed E-state index contributed by atoms with van der Waals surface area (Å²) in [6.45, 7) is 4.29. The maximum Gasteiger partial charge on any atom is -0.00644 e. The summed E-state index contributed by atoms with van der Waals surface area (Å²) in [5, 5.41) is 0. The number of hydrogen-bond donors (Lipinski definition) is 0. The van der Waals surface area contributed by atoms with Crippen LogP contribution in [0.25, 0.3) is 0 Å². The SMILES string of the molecule is Cc1ccc(CCCSCCCc2ccc(C)cc2)cc1. The van der Waals surface area contributed by atoms with Crippen LogP contribution in [-0.4, -0.2) is 11.5 Å². The van der Waals surface area contributed by atoms with Gasteiger partial charge in [-0.05, 0) is 62.2 Å². The van der Waals surface area contributed by atoms with Gasteiger partial charge in [-0.25, -0.2) is 0 Å². The van der Waals surface area contributed by atoms with Crippen LogP contribution >= 0.6 is 11.8 Å². The molecular weight excluding hydrogens is 272 g/mol. The zero-order valence-corrected chi connectivity index (χ0v) is 14.1. The molecule has 0 saturated heterocycles. The van der Waals surface area contributed by atoms with Gasteiger partial charge in [0.1, 0.15) is 0 Å². The van der Waals surface area contributed by atoms with E-state index in [1.54, 1.807) is 0 Å². The Labute approximate surface area is 134 Å². The fourth-order valence-electron chi connectivity index (χ4n) is 2.37. The highest BCUT2D eigenvalue weighted by atomic mass is 32.2. The molecule has 2 aromatic rings. The van der Waals surface area contributed by atoms with Crippen molar-refractivity contribution in [1.82, 2.24) is 0 Å². The molecule has 0 radical (unpaired) electrons. The highest BCUT2D eigenvalue weighted by Gasteiger charge is 1.96. The zero-order chi connectivity index (χ0) is 14.9. The molecule has 0 N–H and O–H groups in total. The van der Waals surface area contributed by atoms with Crippen molar-refractivity contribution in [3.63, 3.8) is 0 Å². The van der Waals surface area contributed by atoms with Crippen molar-refractivity contribution < 1.29 is 0 Å². The van der Waals surface area contributed by atoms with E-state index in [0.29, 0.717) is 0 Å². The van der Waals surface area contributed by atoms with E-state index >= 15 is 0 Å². The smallest absolute Gasteiger partial charge is 0.00644 e. The Morgan fingerprint density at radius 3 is 1.38 bits per heavy atom. The summed E-state index contributed by atoms with van der Waals surface area (Å²) in [4.78, 5) is 0. The Morgan fingerprint density at radius 2 is 1.00 bits per heavy atom. The summed E-state index contributed by atoms with van der Waals surface area (Å²) < 4.78 is 0. The van der Waals surface area contributed by atoms with E-state index in [0.717, 1.165) is 0 Å². The molecule has 0 aromatic heterocycles. The van der Waals surface area contributed by atoms with Crippen molar-refractivity contribution in [3.05, 3.63) is 70.8 Å². The monoisotopic (exact) mass is 298 g/mol. The lowest BCUT2D eigenvalue weighted by Crippen LogP contribution is -1.91. The molecule has 1 heteroatoms. The highest BCUT2D eigenvalue weighted by Crippen LogP contribution is 2.12. The molecule has 0 aliphatic heterocycles. The third-order valence-corrected chi connectivity index (χ3v) is 4.90. The van der Waals surface area contributed by atoms with E-state index in [1.807, 2.05) is 0 Å². The lowest BCUT2D eigenvalue weighted by atomic mass is 10.1. The molecule has 0 aliphatic rings. The van der Waals surface area contributed by atoms with Crippen LogP contribution in [0.15, 0.2) is 48.5 Å². The van der Waals surface area contributed by atoms with E-state index in [9.17, 15) is 0 Å². The Balaban J connectivity index is 1.52. The number of benzene rings is 2.